The van der Waals surface area contributed by atoms with Crippen LogP contribution >= 0.6 is 0 Å². The number of nitrogens with one attached hydrogen (secondary N) is 1. The Morgan fingerprint density at radius 3 is 2.35 bits per heavy atom. The van der Waals surface area contributed by atoms with Gasteiger partial charge in [0.2, 0.25) is 5.91 Å². The summed E-state index contributed by atoms with van der Waals surface area (Å²) in [6.07, 6.45) is 9.36. The van der Waals surface area contributed by atoms with E-state index in [-0.39, 0.29) is 58.9 Å². The molecule has 0 aromatic carbocycles. The normalized spacial score (nSPS) is 49.9. The van der Waals surface area contributed by atoms with Gasteiger partial charge < -0.3 is 15.2 Å². The molecule has 0 aliphatic heterocycles. The van der Waals surface area contributed by atoms with E-state index >= 15 is 0 Å². The van der Waals surface area contributed by atoms with E-state index in [4.69, 9.17) is 4.74 Å². The van der Waals surface area contributed by atoms with Crippen LogP contribution in [0.3, 0.4) is 0 Å². The second kappa shape index (κ2) is 9.67. The fourth-order valence-electron chi connectivity index (χ4n) is 11.4. The lowest BCUT2D eigenvalue weighted by molar-refractivity contribution is -0.214. The molecule has 5 aliphatic rings. The standard InChI is InChI=1S/C34H53NO5/c1-20-9-12-30(4)15-16-32(6)23(27(30)21(20)2)19-24(38)28-31(5)13-11-26(40-22(3)37)34(8,29(39)35-17-18-36)25(31)10-14-33(28,32)7/h19-21,25-28,36H,9-18H2,1-8H3,(H,35,39)/t20-,21+,25?,26-,27?,28?,30-,31+,32-,33-,34-/m1/s1. The molecule has 4 saturated carbocycles. The lowest BCUT2D eigenvalue weighted by atomic mass is 9.33. The van der Waals surface area contributed by atoms with Crippen molar-refractivity contribution in [1.29, 1.82) is 0 Å². The van der Waals surface area contributed by atoms with Crippen LogP contribution in [-0.2, 0) is 19.1 Å². The van der Waals surface area contributed by atoms with Crippen LogP contribution in [0.15, 0.2) is 11.6 Å². The first-order valence-electron chi connectivity index (χ1n) is 15.9. The maximum Gasteiger partial charge on any atom is 0.302 e. The van der Waals surface area contributed by atoms with Crippen molar-refractivity contribution in [3.63, 3.8) is 0 Å². The Labute approximate surface area is 241 Å². The van der Waals surface area contributed by atoms with Gasteiger partial charge in [0, 0.05) is 19.4 Å². The summed E-state index contributed by atoms with van der Waals surface area (Å²) in [5.74, 6) is 1.04. The molecule has 224 valence electrons. The van der Waals surface area contributed by atoms with E-state index < -0.39 is 16.9 Å². The summed E-state index contributed by atoms with van der Waals surface area (Å²) < 4.78 is 5.83. The highest BCUT2D eigenvalue weighted by Crippen LogP contribution is 2.75. The quantitative estimate of drug-likeness (QED) is 0.424. The number of esters is 1. The number of hydrogen-bond donors (Lipinski definition) is 2. The van der Waals surface area contributed by atoms with Gasteiger partial charge >= 0.3 is 5.97 Å². The first kappa shape index (κ1) is 29.8. The van der Waals surface area contributed by atoms with E-state index in [1.807, 2.05) is 6.92 Å². The second-order valence-electron chi connectivity index (χ2n) is 15.7. The number of aliphatic hydroxyl groups is 1. The second-order valence-corrected chi connectivity index (χ2v) is 15.7. The topological polar surface area (TPSA) is 92.7 Å². The van der Waals surface area contributed by atoms with Crippen LogP contribution in [-0.4, -0.2) is 42.0 Å². The molecule has 40 heavy (non-hydrogen) atoms. The van der Waals surface area contributed by atoms with E-state index in [1.54, 1.807) is 0 Å². The summed E-state index contributed by atoms with van der Waals surface area (Å²) in [6.45, 7) is 17.7. The third-order valence-electron chi connectivity index (χ3n) is 13.9. The Balaban J connectivity index is 1.60. The molecule has 0 saturated heterocycles. The smallest absolute Gasteiger partial charge is 0.302 e. The minimum Gasteiger partial charge on any atom is -0.461 e. The van der Waals surface area contributed by atoms with Gasteiger partial charge in [-0.25, -0.2) is 0 Å². The molecular formula is C34H53NO5. The number of rotatable bonds is 4. The Morgan fingerprint density at radius 1 is 1.00 bits per heavy atom. The molecule has 4 fully saturated rings. The van der Waals surface area contributed by atoms with Crippen LogP contribution in [0.1, 0.15) is 107 Å². The summed E-state index contributed by atoms with van der Waals surface area (Å²) >= 11 is 0. The van der Waals surface area contributed by atoms with Crippen molar-refractivity contribution in [2.45, 2.75) is 113 Å². The number of fused-ring (bicyclic) bond motifs is 7. The molecule has 5 rings (SSSR count). The molecule has 11 atom stereocenters. The summed E-state index contributed by atoms with van der Waals surface area (Å²) in [7, 11) is 0. The zero-order valence-electron chi connectivity index (χ0n) is 26.2. The Hall–Kier alpha value is -1.69. The fourth-order valence-corrected chi connectivity index (χ4v) is 11.4. The summed E-state index contributed by atoms with van der Waals surface area (Å²) in [5.41, 5.74) is 0.0492. The largest absolute Gasteiger partial charge is 0.461 e. The van der Waals surface area contributed by atoms with Crippen molar-refractivity contribution >= 4 is 17.7 Å². The third-order valence-corrected chi connectivity index (χ3v) is 13.9. The number of allylic oxidation sites excluding steroid dienone is 2. The summed E-state index contributed by atoms with van der Waals surface area (Å²) in [5, 5.41) is 12.3. The lowest BCUT2D eigenvalue weighted by Crippen LogP contribution is -2.69. The number of aliphatic hydroxyl groups excluding tert-OH is 1. The molecule has 3 unspecified atom stereocenters. The molecule has 1 amide bonds. The monoisotopic (exact) mass is 555 g/mol. The van der Waals surface area contributed by atoms with Crippen molar-refractivity contribution in [3.8, 4) is 0 Å². The first-order chi connectivity index (χ1) is 18.6. The average molecular weight is 556 g/mol. The van der Waals surface area contributed by atoms with Gasteiger partial charge in [-0.05, 0) is 110 Å². The molecule has 2 N–H and O–H groups in total. The molecule has 0 aromatic rings. The van der Waals surface area contributed by atoms with E-state index in [2.05, 4.69) is 52.9 Å². The maximum atomic E-state index is 14.6. The van der Waals surface area contributed by atoms with Crippen LogP contribution in [0.4, 0.5) is 0 Å². The van der Waals surface area contributed by atoms with E-state index in [9.17, 15) is 19.5 Å². The zero-order chi connectivity index (χ0) is 29.5. The molecule has 0 radical (unpaired) electrons. The van der Waals surface area contributed by atoms with Gasteiger partial charge in [-0.3, -0.25) is 14.4 Å². The van der Waals surface area contributed by atoms with Gasteiger partial charge in [0.25, 0.3) is 0 Å². The van der Waals surface area contributed by atoms with E-state index in [1.165, 1.54) is 31.8 Å². The van der Waals surface area contributed by atoms with Crippen molar-refractivity contribution in [2.24, 2.45) is 56.7 Å². The van der Waals surface area contributed by atoms with Crippen LogP contribution < -0.4 is 5.32 Å². The lowest BCUT2D eigenvalue weighted by Gasteiger charge is -2.70. The highest BCUT2D eigenvalue weighted by molar-refractivity contribution is 5.96. The summed E-state index contributed by atoms with van der Waals surface area (Å²) in [6, 6.07) is 0. The van der Waals surface area contributed by atoms with Gasteiger partial charge in [-0.1, -0.05) is 47.1 Å². The molecule has 0 heterocycles. The van der Waals surface area contributed by atoms with Gasteiger partial charge in [0.1, 0.15) is 6.10 Å². The molecule has 0 bridgehead atoms. The number of carbonyl (C=O) groups is 3. The Bertz CT molecular complexity index is 1120. The first-order valence-corrected chi connectivity index (χ1v) is 15.9. The van der Waals surface area contributed by atoms with Crippen molar-refractivity contribution in [3.05, 3.63) is 11.6 Å². The van der Waals surface area contributed by atoms with Crippen LogP contribution in [0, 0.1) is 56.7 Å². The number of carbonyl (C=O) groups excluding carboxylic acids is 3. The molecule has 5 aliphatic carbocycles. The zero-order valence-corrected chi connectivity index (χ0v) is 26.2. The van der Waals surface area contributed by atoms with Crippen molar-refractivity contribution in [1.82, 2.24) is 5.32 Å². The number of ketones is 1. The van der Waals surface area contributed by atoms with Gasteiger partial charge in [0.05, 0.1) is 12.0 Å². The Morgan fingerprint density at radius 2 is 1.70 bits per heavy atom. The van der Waals surface area contributed by atoms with Crippen LogP contribution in [0.25, 0.3) is 0 Å². The van der Waals surface area contributed by atoms with Gasteiger partial charge in [0.15, 0.2) is 5.78 Å². The molecule has 0 aromatic heterocycles. The third kappa shape index (κ3) is 3.86. The van der Waals surface area contributed by atoms with Crippen LogP contribution in [0.2, 0.25) is 0 Å². The molecule has 0 spiro atoms. The van der Waals surface area contributed by atoms with Crippen molar-refractivity contribution < 1.29 is 24.2 Å². The highest BCUT2D eigenvalue weighted by atomic mass is 16.5. The highest BCUT2D eigenvalue weighted by Gasteiger charge is 2.72. The minimum atomic E-state index is -0.973. The van der Waals surface area contributed by atoms with E-state index in [0.717, 1.165) is 25.7 Å². The van der Waals surface area contributed by atoms with Crippen LogP contribution in [0.5, 0.6) is 0 Å². The fraction of sp³-hybridized carbons (Fsp3) is 0.853. The molecular weight excluding hydrogens is 502 g/mol. The number of hydrogen-bond acceptors (Lipinski definition) is 5. The maximum absolute atomic E-state index is 14.6. The SMILES string of the molecule is CC(=O)O[C@@H]1CC[C@@]2(C)C(CC[C@]3(C)C2C(=O)C=C2C4[C@@H](C)[C@H](C)CC[C@]4(C)CC[C@]23C)[C@@]1(C)C(=O)NCCO. The Kier molecular flexibility index (Phi) is 7.20. The predicted molar refractivity (Wildman–Crippen MR) is 155 cm³/mol. The molecule has 6 heteroatoms. The average Bonchev–Trinajstić information content (AvgIpc) is 2.88. The number of ether oxygens (including phenoxy) is 1. The predicted octanol–water partition coefficient (Wildman–Crippen LogP) is 5.86. The van der Waals surface area contributed by atoms with Gasteiger partial charge in [-0.2, -0.15) is 0 Å². The summed E-state index contributed by atoms with van der Waals surface area (Å²) in [4.78, 5) is 40.5. The minimum absolute atomic E-state index is 0.0582. The van der Waals surface area contributed by atoms with E-state index in [0.29, 0.717) is 24.2 Å². The van der Waals surface area contributed by atoms with Crippen molar-refractivity contribution in [2.75, 3.05) is 13.2 Å². The molecule has 6 nitrogen and oxygen atoms in total. The number of amides is 1. The van der Waals surface area contributed by atoms with Gasteiger partial charge in [-0.15, -0.1) is 0 Å².